The highest BCUT2D eigenvalue weighted by atomic mass is 32.2. The van der Waals surface area contributed by atoms with Crippen molar-refractivity contribution in [2.75, 3.05) is 23.4 Å². The molecule has 2 amide bonds. The average molecular weight is 355 g/mol. The molecule has 0 unspecified atom stereocenters. The molecule has 1 aromatic carbocycles. The molecule has 0 fully saturated rings. The third kappa shape index (κ3) is 8.07. The number of benzene rings is 1. The molecular weight excluding hydrogens is 330 g/mol. The predicted octanol–water partition coefficient (Wildman–Crippen LogP) is 2.00. The van der Waals surface area contributed by atoms with Gasteiger partial charge in [0.2, 0.25) is 21.8 Å². The Bertz CT molecular complexity index is 687. The van der Waals surface area contributed by atoms with Gasteiger partial charge in [-0.25, -0.2) is 13.1 Å². The van der Waals surface area contributed by atoms with E-state index in [-0.39, 0.29) is 24.8 Å². The van der Waals surface area contributed by atoms with Crippen LogP contribution in [0.15, 0.2) is 18.2 Å². The summed E-state index contributed by atoms with van der Waals surface area (Å²) in [6.07, 6.45) is 3.39. The topological polar surface area (TPSA) is 104 Å². The smallest absolute Gasteiger partial charge is 0.225 e. The Kier molecular flexibility index (Phi) is 7.87. The van der Waals surface area contributed by atoms with Crippen molar-refractivity contribution >= 4 is 33.2 Å². The van der Waals surface area contributed by atoms with Gasteiger partial charge in [-0.3, -0.25) is 9.59 Å². The number of carbonyl (C=O) groups is 2. The highest BCUT2D eigenvalue weighted by Gasteiger charge is 2.08. The van der Waals surface area contributed by atoms with Crippen LogP contribution in [0, 0.1) is 6.92 Å². The predicted molar refractivity (Wildman–Crippen MR) is 95.4 cm³/mol. The minimum absolute atomic E-state index is 0.0245. The molecule has 24 heavy (non-hydrogen) atoms. The van der Waals surface area contributed by atoms with Crippen LogP contribution in [0.4, 0.5) is 11.4 Å². The van der Waals surface area contributed by atoms with Crippen molar-refractivity contribution in [3.63, 3.8) is 0 Å². The van der Waals surface area contributed by atoms with Crippen molar-refractivity contribution in [3.05, 3.63) is 23.8 Å². The van der Waals surface area contributed by atoms with Crippen LogP contribution in [0.25, 0.3) is 0 Å². The summed E-state index contributed by atoms with van der Waals surface area (Å²) in [5.74, 6) is -0.311. The van der Waals surface area contributed by atoms with Crippen molar-refractivity contribution in [1.82, 2.24) is 4.72 Å². The summed E-state index contributed by atoms with van der Waals surface area (Å²) in [6, 6.07) is 5.20. The van der Waals surface area contributed by atoms with Gasteiger partial charge in [-0.15, -0.1) is 0 Å². The summed E-state index contributed by atoms with van der Waals surface area (Å²) in [7, 11) is -3.29. The van der Waals surface area contributed by atoms with Crippen LogP contribution in [0.2, 0.25) is 0 Å². The maximum absolute atomic E-state index is 11.8. The zero-order chi connectivity index (χ0) is 18.2. The van der Waals surface area contributed by atoms with E-state index in [1.165, 1.54) is 0 Å². The van der Waals surface area contributed by atoms with Gasteiger partial charge in [-0.2, -0.15) is 0 Å². The molecule has 0 saturated carbocycles. The summed E-state index contributed by atoms with van der Waals surface area (Å²) in [6.45, 7) is 3.92. The van der Waals surface area contributed by atoms with Gasteiger partial charge < -0.3 is 10.6 Å². The molecule has 0 aliphatic heterocycles. The Morgan fingerprint density at radius 2 is 1.75 bits per heavy atom. The molecule has 7 nitrogen and oxygen atoms in total. The van der Waals surface area contributed by atoms with E-state index in [4.69, 9.17) is 0 Å². The van der Waals surface area contributed by atoms with Gasteiger partial charge in [-0.05, 0) is 37.1 Å². The molecule has 0 aliphatic carbocycles. The first-order valence-electron chi connectivity index (χ1n) is 7.86. The molecule has 0 aromatic heterocycles. The Labute approximate surface area is 143 Å². The molecule has 8 heteroatoms. The van der Waals surface area contributed by atoms with Crippen LogP contribution < -0.4 is 15.4 Å². The second kappa shape index (κ2) is 9.39. The maximum Gasteiger partial charge on any atom is 0.225 e. The zero-order valence-electron chi connectivity index (χ0n) is 14.3. The second-order valence-electron chi connectivity index (χ2n) is 5.65. The molecular formula is C16H25N3O4S. The molecule has 0 saturated heterocycles. The number of sulfonamides is 1. The first kappa shape index (κ1) is 20.1. The van der Waals surface area contributed by atoms with E-state index in [1.807, 2.05) is 13.8 Å². The van der Waals surface area contributed by atoms with Crippen molar-refractivity contribution in [3.8, 4) is 0 Å². The Balaban J connectivity index is 2.54. The molecule has 0 aliphatic rings. The van der Waals surface area contributed by atoms with E-state index < -0.39 is 10.0 Å². The fourth-order valence-electron chi connectivity index (χ4n) is 2.01. The molecule has 0 spiro atoms. The molecule has 0 heterocycles. The number of unbranched alkanes of at least 4 members (excludes halogenated alkanes) is 1. The zero-order valence-corrected chi connectivity index (χ0v) is 15.1. The number of rotatable bonds is 9. The van der Waals surface area contributed by atoms with E-state index in [9.17, 15) is 18.0 Å². The van der Waals surface area contributed by atoms with Crippen molar-refractivity contribution in [1.29, 1.82) is 0 Å². The van der Waals surface area contributed by atoms with Crippen molar-refractivity contribution < 1.29 is 18.0 Å². The van der Waals surface area contributed by atoms with Gasteiger partial charge in [-0.1, -0.05) is 13.3 Å². The lowest BCUT2D eigenvalue weighted by atomic mass is 10.1. The quantitative estimate of drug-likeness (QED) is 0.630. The molecule has 0 radical (unpaired) electrons. The molecule has 1 aromatic rings. The lowest BCUT2D eigenvalue weighted by Crippen LogP contribution is -2.26. The van der Waals surface area contributed by atoms with Crippen molar-refractivity contribution in [2.24, 2.45) is 0 Å². The fraction of sp³-hybridized carbons (Fsp3) is 0.500. The number of nitrogens with one attached hydrogen (secondary N) is 3. The summed E-state index contributed by atoms with van der Waals surface area (Å²) in [4.78, 5) is 23.5. The normalized spacial score (nSPS) is 11.1. The van der Waals surface area contributed by atoms with Gasteiger partial charge in [0.25, 0.3) is 0 Å². The van der Waals surface area contributed by atoms with Gasteiger partial charge in [0, 0.05) is 30.8 Å². The summed E-state index contributed by atoms with van der Waals surface area (Å²) >= 11 is 0. The summed E-state index contributed by atoms with van der Waals surface area (Å²) in [5.41, 5.74) is 2.16. The monoisotopic (exact) mass is 355 g/mol. The van der Waals surface area contributed by atoms with Crippen LogP contribution in [0.3, 0.4) is 0 Å². The van der Waals surface area contributed by atoms with Gasteiger partial charge in [0.1, 0.15) is 0 Å². The SMILES string of the molecule is CCCCC(=O)Nc1ccc(NC(=O)CCNS(C)(=O)=O)cc1C. The first-order valence-corrected chi connectivity index (χ1v) is 9.75. The minimum atomic E-state index is -3.29. The number of aryl methyl sites for hydroxylation is 1. The Morgan fingerprint density at radius 1 is 1.08 bits per heavy atom. The number of anilines is 2. The van der Waals surface area contributed by atoms with E-state index >= 15 is 0 Å². The fourth-order valence-corrected chi connectivity index (χ4v) is 2.48. The number of hydrogen-bond donors (Lipinski definition) is 3. The van der Waals surface area contributed by atoms with Crippen LogP contribution in [-0.2, 0) is 19.6 Å². The Hall–Kier alpha value is -1.93. The lowest BCUT2D eigenvalue weighted by molar-refractivity contribution is -0.117. The first-order chi connectivity index (χ1) is 11.2. The molecule has 0 bridgehead atoms. The Morgan fingerprint density at radius 3 is 2.33 bits per heavy atom. The van der Waals surface area contributed by atoms with Crippen LogP contribution in [0.1, 0.15) is 38.2 Å². The second-order valence-corrected chi connectivity index (χ2v) is 7.48. The highest BCUT2D eigenvalue weighted by Crippen LogP contribution is 2.20. The molecule has 0 atom stereocenters. The van der Waals surface area contributed by atoms with Gasteiger partial charge in [0.15, 0.2) is 0 Å². The van der Waals surface area contributed by atoms with Crippen LogP contribution in [0.5, 0.6) is 0 Å². The number of amides is 2. The molecule has 1 rings (SSSR count). The largest absolute Gasteiger partial charge is 0.326 e. The molecule has 134 valence electrons. The number of hydrogen-bond acceptors (Lipinski definition) is 4. The summed E-state index contributed by atoms with van der Waals surface area (Å²) in [5, 5.41) is 5.55. The molecule has 3 N–H and O–H groups in total. The third-order valence-electron chi connectivity index (χ3n) is 3.26. The lowest BCUT2D eigenvalue weighted by Gasteiger charge is -2.11. The van der Waals surface area contributed by atoms with Gasteiger partial charge >= 0.3 is 0 Å². The highest BCUT2D eigenvalue weighted by molar-refractivity contribution is 7.88. The van der Waals surface area contributed by atoms with Gasteiger partial charge in [0.05, 0.1) is 6.26 Å². The van der Waals surface area contributed by atoms with Crippen LogP contribution in [-0.4, -0.2) is 33.0 Å². The summed E-state index contributed by atoms with van der Waals surface area (Å²) < 4.78 is 24.1. The maximum atomic E-state index is 11.8. The standard InChI is InChI=1S/C16H25N3O4S/c1-4-5-6-15(20)19-14-8-7-13(11-12(14)2)18-16(21)9-10-17-24(3,22)23/h7-8,11,17H,4-6,9-10H2,1-3H3,(H,18,21)(H,19,20). The van der Waals surface area contributed by atoms with E-state index in [2.05, 4.69) is 15.4 Å². The van der Waals surface area contributed by atoms with E-state index in [1.54, 1.807) is 18.2 Å². The number of carbonyl (C=O) groups excluding carboxylic acids is 2. The van der Waals surface area contributed by atoms with E-state index in [0.29, 0.717) is 17.8 Å². The van der Waals surface area contributed by atoms with Crippen molar-refractivity contribution in [2.45, 2.75) is 39.5 Å². The average Bonchev–Trinajstić information content (AvgIpc) is 2.46. The van der Waals surface area contributed by atoms with E-state index in [0.717, 1.165) is 24.7 Å². The minimum Gasteiger partial charge on any atom is -0.326 e. The third-order valence-corrected chi connectivity index (χ3v) is 3.99. The van der Waals surface area contributed by atoms with Crippen LogP contribution >= 0.6 is 0 Å².